The number of carboxylic acids is 1. The summed E-state index contributed by atoms with van der Waals surface area (Å²) in [6, 6.07) is 0. The fourth-order valence-corrected chi connectivity index (χ4v) is 9.17. The first-order chi connectivity index (χ1) is 14.6. The smallest absolute Gasteiger partial charge is 0.309 e. The van der Waals surface area contributed by atoms with Gasteiger partial charge in [-0.05, 0) is 105 Å². The number of fused-ring (bicyclic) bond motifs is 5. The van der Waals surface area contributed by atoms with E-state index in [1.54, 1.807) is 6.92 Å². The Morgan fingerprint density at radius 2 is 1.77 bits per heavy atom. The van der Waals surface area contributed by atoms with Gasteiger partial charge in [0.1, 0.15) is 5.94 Å². The predicted molar refractivity (Wildman–Crippen MR) is 121 cm³/mol. The molecule has 4 aliphatic carbocycles. The van der Waals surface area contributed by atoms with Gasteiger partial charge < -0.3 is 10.2 Å². The average Bonchev–Trinajstić information content (AvgIpc) is 3.07. The average molecular weight is 431 g/mol. The van der Waals surface area contributed by atoms with Crippen molar-refractivity contribution in [2.45, 2.75) is 98.0 Å². The lowest BCUT2D eigenvalue weighted by molar-refractivity contribution is -0.146. The predicted octanol–water partition coefficient (Wildman–Crippen LogP) is 5.51. The Hall–Kier alpha value is -1.12. The molecule has 0 radical (unpaired) electrons. The fourth-order valence-electron chi connectivity index (χ4n) is 9.17. The second-order valence-corrected chi connectivity index (χ2v) is 12.1. The van der Waals surface area contributed by atoms with E-state index >= 15 is 0 Å². The van der Waals surface area contributed by atoms with Crippen LogP contribution >= 0.6 is 0 Å². The molecule has 10 atom stereocenters. The van der Waals surface area contributed by atoms with Crippen molar-refractivity contribution in [1.29, 1.82) is 0 Å². The monoisotopic (exact) mass is 430 g/mol. The van der Waals surface area contributed by atoms with Crippen molar-refractivity contribution in [3.63, 3.8) is 0 Å². The van der Waals surface area contributed by atoms with Crippen LogP contribution in [0.1, 0.15) is 91.9 Å². The number of carboxylic acid groups (broad SMARTS) is 1. The molecule has 174 valence electrons. The van der Waals surface area contributed by atoms with Gasteiger partial charge in [-0.3, -0.25) is 4.79 Å². The van der Waals surface area contributed by atoms with E-state index < -0.39 is 18.0 Å². The third-order valence-corrected chi connectivity index (χ3v) is 10.9. The van der Waals surface area contributed by atoms with Crippen LogP contribution in [0.5, 0.6) is 0 Å². The Bertz CT molecular complexity index is 752. The largest absolute Gasteiger partial charge is 0.481 e. The Kier molecular flexibility index (Phi) is 6.20. The van der Waals surface area contributed by atoms with Gasteiger partial charge in [0.25, 0.3) is 0 Å². The lowest BCUT2D eigenvalue weighted by Gasteiger charge is -2.61. The van der Waals surface area contributed by atoms with Crippen molar-refractivity contribution in [3.8, 4) is 0 Å². The molecule has 4 saturated carbocycles. The molecule has 0 saturated heterocycles. The van der Waals surface area contributed by atoms with Gasteiger partial charge in [0.2, 0.25) is 0 Å². The summed E-state index contributed by atoms with van der Waals surface area (Å²) in [5, 5.41) is 19.6. The molecule has 0 aliphatic heterocycles. The molecule has 0 spiro atoms. The number of hydrogen-bond donors (Lipinski definition) is 2. The fraction of sp³-hybridized carbons (Fsp3) is 0.889. The SMILES string of the molecule is CC(O)C(CC(C)[C@H]1CC[C@H]2[C@@H]3C(=C=O)CC4CCCC[C@]4(C)[C@H]3CC[C@]12C)C(=O)O. The summed E-state index contributed by atoms with van der Waals surface area (Å²) in [6.07, 6.45) is 10.5. The molecule has 4 nitrogen and oxygen atoms in total. The van der Waals surface area contributed by atoms with Gasteiger partial charge in [-0.25, -0.2) is 4.79 Å². The summed E-state index contributed by atoms with van der Waals surface area (Å²) >= 11 is 0. The first-order valence-corrected chi connectivity index (χ1v) is 12.8. The molecule has 0 bridgehead atoms. The van der Waals surface area contributed by atoms with E-state index in [-0.39, 0.29) is 11.3 Å². The highest BCUT2D eigenvalue weighted by atomic mass is 16.4. The number of aliphatic hydroxyl groups is 1. The minimum absolute atomic E-state index is 0.155. The van der Waals surface area contributed by atoms with Crippen LogP contribution in [0.25, 0.3) is 0 Å². The van der Waals surface area contributed by atoms with E-state index in [4.69, 9.17) is 0 Å². The van der Waals surface area contributed by atoms with E-state index in [0.717, 1.165) is 24.8 Å². The molecule has 4 fully saturated rings. The van der Waals surface area contributed by atoms with Crippen LogP contribution in [0.4, 0.5) is 0 Å². The Morgan fingerprint density at radius 1 is 1.06 bits per heavy atom. The quantitative estimate of drug-likeness (QED) is 0.564. The van der Waals surface area contributed by atoms with E-state index in [2.05, 4.69) is 26.7 Å². The maximum Gasteiger partial charge on any atom is 0.309 e. The molecule has 4 rings (SSSR count). The van der Waals surface area contributed by atoms with Crippen molar-refractivity contribution in [2.75, 3.05) is 0 Å². The second-order valence-electron chi connectivity index (χ2n) is 12.1. The summed E-state index contributed by atoms with van der Waals surface area (Å²) in [4.78, 5) is 23.8. The Labute approximate surface area is 187 Å². The maximum absolute atomic E-state index is 12.1. The molecular formula is C27H42O4. The van der Waals surface area contributed by atoms with E-state index in [0.29, 0.717) is 41.4 Å². The van der Waals surface area contributed by atoms with Gasteiger partial charge in [-0.2, -0.15) is 0 Å². The van der Waals surface area contributed by atoms with Gasteiger partial charge >= 0.3 is 5.97 Å². The normalized spacial score (nSPS) is 44.9. The first kappa shape index (κ1) is 23.1. The molecular weight excluding hydrogens is 388 g/mol. The minimum Gasteiger partial charge on any atom is -0.481 e. The van der Waals surface area contributed by atoms with Gasteiger partial charge in [-0.1, -0.05) is 33.6 Å². The van der Waals surface area contributed by atoms with E-state index in [1.807, 2.05) is 0 Å². The number of rotatable bonds is 5. The first-order valence-electron chi connectivity index (χ1n) is 12.8. The van der Waals surface area contributed by atoms with Crippen LogP contribution in [0.3, 0.4) is 0 Å². The summed E-state index contributed by atoms with van der Waals surface area (Å²) in [5.74, 6) is 3.74. The molecule has 0 heterocycles. The van der Waals surface area contributed by atoms with Gasteiger partial charge in [0.05, 0.1) is 12.0 Å². The molecule has 0 aromatic heterocycles. The summed E-state index contributed by atoms with van der Waals surface area (Å²) in [7, 11) is 0. The van der Waals surface area contributed by atoms with E-state index in [9.17, 15) is 19.8 Å². The van der Waals surface area contributed by atoms with Crippen molar-refractivity contribution in [2.24, 2.45) is 52.3 Å². The zero-order valence-electron chi connectivity index (χ0n) is 19.9. The molecule has 4 aliphatic rings. The summed E-state index contributed by atoms with van der Waals surface area (Å²) in [6.45, 7) is 8.74. The highest BCUT2D eigenvalue weighted by Crippen LogP contribution is 2.69. The summed E-state index contributed by atoms with van der Waals surface area (Å²) < 4.78 is 0. The van der Waals surface area contributed by atoms with Gasteiger partial charge in [-0.15, -0.1) is 0 Å². The molecule has 2 N–H and O–H groups in total. The topological polar surface area (TPSA) is 74.6 Å². The van der Waals surface area contributed by atoms with Crippen molar-refractivity contribution in [1.82, 2.24) is 0 Å². The zero-order valence-corrected chi connectivity index (χ0v) is 19.9. The maximum atomic E-state index is 12.1. The number of carbonyl (C=O) groups is 1. The van der Waals surface area contributed by atoms with Crippen LogP contribution in [-0.4, -0.2) is 28.2 Å². The number of aliphatic hydroxyl groups excluding tert-OH is 1. The molecule has 0 amide bonds. The van der Waals surface area contributed by atoms with Gasteiger partial charge in [0, 0.05) is 5.57 Å². The standard InChI is InChI=1S/C27H42O4/c1-16(13-20(17(2)29)25(30)31)21-8-9-22-24-18(15-28)14-19-7-5-6-11-26(19,3)23(24)10-12-27(21,22)4/h16-17,19-24,29H,5-14H2,1-4H3,(H,30,31)/t16?,17?,19?,20?,21-,22+,23+,24+,26+,27-/m1/s1. The number of carbonyl (C=O) groups excluding carboxylic acids is 1. The van der Waals surface area contributed by atoms with Crippen molar-refractivity contribution >= 4 is 11.9 Å². The third-order valence-electron chi connectivity index (χ3n) is 10.9. The molecule has 0 aromatic rings. The minimum atomic E-state index is -0.889. The number of allylic oxidation sites excluding steroid dienone is 1. The van der Waals surface area contributed by atoms with Gasteiger partial charge in [0.15, 0.2) is 0 Å². The highest BCUT2D eigenvalue weighted by Gasteiger charge is 2.61. The highest BCUT2D eigenvalue weighted by molar-refractivity contribution is 5.70. The zero-order chi connectivity index (χ0) is 22.6. The Balaban J connectivity index is 1.60. The van der Waals surface area contributed by atoms with Crippen LogP contribution in [0.15, 0.2) is 5.57 Å². The van der Waals surface area contributed by atoms with Crippen molar-refractivity contribution < 1.29 is 19.8 Å². The van der Waals surface area contributed by atoms with Crippen LogP contribution < -0.4 is 0 Å². The number of aliphatic carboxylic acids is 1. The van der Waals surface area contributed by atoms with Crippen molar-refractivity contribution in [3.05, 3.63) is 5.57 Å². The summed E-state index contributed by atoms with van der Waals surface area (Å²) in [5.41, 5.74) is 1.60. The van der Waals surface area contributed by atoms with Crippen LogP contribution in [-0.2, 0) is 9.59 Å². The number of hydrogen-bond acceptors (Lipinski definition) is 3. The molecule has 31 heavy (non-hydrogen) atoms. The Morgan fingerprint density at radius 3 is 2.42 bits per heavy atom. The second kappa shape index (κ2) is 8.34. The third kappa shape index (κ3) is 3.62. The van der Waals surface area contributed by atoms with E-state index in [1.165, 1.54) is 38.5 Å². The lowest BCUT2D eigenvalue weighted by atomic mass is 9.43. The van der Waals surface area contributed by atoms with Crippen LogP contribution in [0.2, 0.25) is 0 Å². The molecule has 4 heteroatoms. The van der Waals surface area contributed by atoms with Crippen LogP contribution in [0, 0.1) is 52.3 Å². The lowest BCUT2D eigenvalue weighted by Crippen LogP contribution is -2.54. The molecule has 4 unspecified atom stereocenters. The molecule has 0 aromatic carbocycles.